The number of hydrogen-bond acceptors (Lipinski definition) is 4. The number of rotatable bonds is 5. The highest BCUT2D eigenvalue weighted by molar-refractivity contribution is 5.79. The van der Waals surface area contributed by atoms with Crippen molar-refractivity contribution in [2.24, 2.45) is 0 Å². The van der Waals surface area contributed by atoms with Crippen molar-refractivity contribution in [1.29, 1.82) is 0 Å². The van der Waals surface area contributed by atoms with Crippen LogP contribution < -0.4 is 5.73 Å². The molecule has 1 amide bonds. The zero-order valence-electron chi connectivity index (χ0n) is 10.5. The van der Waals surface area contributed by atoms with Crippen molar-refractivity contribution in [2.75, 3.05) is 18.8 Å². The van der Waals surface area contributed by atoms with E-state index >= 15 is 0 Å². The van der Waals surface area contributed by atoms with Gasteiger partial charge in [-0.1, -0.05) is 6.07 Å². The van der Waals surface area contributed by atoms with E-state index in [-0.39, 0.29) is 23.7 Å². The molecule has 6 nitrogen and oxygen atoms in total. The summed E-state index contributed by atoms with van der Waals surface area (Å²) in [6, 6.07) is 4.46. The molecule has 0 saturated heterocycles. The Hall–Kier alpha value is -2.11. The number of carbonyl (C=O) groups excluding carboxylic acids is 1. The maximum absolute atomic E-state index is 11.9. The van der Waals surface area contributed by atoms with Crippen LogP contribution >= 0.6 is 0 Å². The second-order valence-corrected chi connectivity index (χ2v) is 3.89. The van der Waals surface area contributed by atoms with Crippen LogP contribution in [0.25, 0.3) is 0 Å². The first-order valence-electron chi connectivity index (χ1n) is 5.80. The third-order valence-electron chi connectivity index (χ3n) is 2.76. The van der Waals surface area contributed by atoms with E-state index < -0.39 is 4.92 Å². The second kappa shape index (κ2) is 6.00. The summed E-state index contributed by atoms with van der Waals surface area (Å²) in [4.78, 5) is 23.7. The van der Waals surface area contributed by atoms with Gasteiger partial charge in [-0.25, -0.2) is 0 Å². The van der Waals surface area contributed by atoms with Crippen LogP contribution in [0.3, 0.4) is 0 Å². The fourth-order valence-corrected chi connectivity index (χ4v) is 1.72. The monoisotopic (exact) mass is 251 g/mol. The molecule has 0 fully saturated rings. The Kier molecular flexibility index (Phi) is 4.65. The zero-order chi connectivity index (χ0) is 13.7. The minimum Gasteiger partial charge on any atom is -0.393 e. The molecule has 6 heteroatoms. The molecular formula is C12H17N3O3. The molecule has 2 N–H and O–H groups in total. The van der Waals surface area contributed by atoms with E-state index in [0.29, 0.717) is 18.7 Å². The third kappa shape index (κ3) is 3.19. The van der Waals surface area contributed by atoms with E-state index in [1.165, 1.54) is 12.1 Å². The average molecular weight is 251 g/mol. The molecule has 0 spiro atoms. The lowest BCUT2D eigenvalue weighted by Crippen LogP contribution is -2.31. The van der Waals surface area contributed by atoms with Gasteiger partial charge in [0.2, 0.25) is 5.91 Å². The third-order valence-corrected chi connectivity index (χ3v) is 2.76. The molecule has 0 heterocycles. The Bertz CT molecular complexity index is 456. The Labute approximate surface area is 106 Å². The Balaban J connectivity index is 2.89. The van der Waals surface area contributed by atoms with Crippen molar-refractivity contribution < 1.29 is 9.72 Å². The predicted molar refractivity (Wildman–Crippen MR) is 69.1 cm³/mol. The molecule has 1 aromatic carbocycles. The number of hydrogen-bond donors (Lipinski definition) is 1. The first-order valence-corrected chi connectivity index (χ1v) is 5.80. The van der Waals surface area contributed by atoms with Gasteiger partial charge >= 0.3 is 0 Å². The highest BCUT2D eigenvalue weighted by Crippen LogP contribution is 2.22. The molecule has 0 atom stereocenters. The number of anilines is 1. The first kappa shape index (κ1) is 14.0. The van der Waals surface area contributed by atoms with E-state index in [9.17, 15) is 14.9 Å². The van der Waals surface area contributed by atoms with Gasteiger partial charge in [0.25, 0.3) is 5.69 Å². The van der Waals surface area contributed by atoms with Crippen molar-refractivity contribution >= 4 is 17.3 Å². The van der Waals surface area contributed by atoms with Gasteiger partial charge in [-0.2, -0.15) is 0 Å². The number of amides is 1. The molecule has 0 aliphatic heterocycles. The van der Waals surface area contributed by atoms with Gasteiger partial charge in [-0.15, -0.1) is 0 Å². The topological polar surface area (TPSA) is 89.5 Å². The minimum absolute atomic E-state index is 0.0425. The molecule has 0 bridgehead atoms. The van der Waals surface area contributed by atoms with Crippen molar-refractivity contribution in [3.63, 3.8) is 0 Å². The highest BCUT2D eigenvalue weighted by Gasteiger charge is 2.15. The predicted octanol–water partition coefficient (Wildman–Crippen LogP) is 1.59. The van der Waals surface area contributed by atoms with E-state index in [1.807, 2.05) is 13.8 Å². The molecule has 1 rings (SSSR count). The number of nitrogens with two attached hydrogens (primary N) is 1. The minimum atomic E-state index is -0.541. The van der Waals surface area contributed by atoms with Gasteiger partial charge < -0.3 is 10.6 Å². The van der Waals surface area contributed by atoms with Crippen LogP contribution in [0.5, 0.6) is 0 Å². The first-order chi connectivity index (χ1) is 8.49. The summed E-state index contributed by atoms with van der Waals surface area (Å²) < 4.78 is 0. The summed E-state index contributed by atoms with van der Waals surface area (Å²) in [6.45, 7) is 5.05. The maximum Gasteiger partial charge on any atom is 0.292 e. The lowest BCUT2D eigenvalue weighted by molar-refractivity contribution is -0.383. The van der Waals surface area contributed by atoms with E-state index in [0.717, 1.165) is 0 Å². The van der Waals surface area contributed by atoms with Crippen molar-refractivity contribution in [2.45, 2.75) is 20.3 Å². The summed E-state index contributed by atoms with van der Waals surface area (Å²) in [7, 11) is 0. The molecule has 0 radical (unpaired) electrons. The van der Waals surface area contributed by atoms with Crippen LogP contribution in [0.1, 0.15) is 19.4 Å². The van der Waals surface area contributed by atoms with Gasteiger partial charge in [0.15, 0.2) is 0 Å². The molecule has 0 aliphatic rings. The Morgan fingerprint density at radius 3 is 2.50 bits per heavy atom. The van der Waals surface area contributed by atoms with Gasteiger partial charge in [0.1, 0.15) is 5.69 Å². The van der Waals surface area contributed by atoms with Gasteiger partial charge in [-0.05, 0) is 25.5 Å². The molecular weight excluding hydrogens is 234 g/mol. The van der Waals surface area contributed by atoms with Gasteiger partial charge in [-0.3, -0.25) is 14.9 Å². The normalized spacial score (nSPS) is 10.1. The molecule has 0 unspecified atom stereocenters. The summed E-state index contributed by atoms with van der Waals surface area (Å²) in [5.74, 6) is -0.0425. The van der Waals surface area contributed by atoms with E-state index in [1.54, 1.807) is 11.0 Å². The number of carbonyl (C=O) groups is 1. The standard InChI is InChI=1S/C12H17N3O3/c1-3-14(4-2)12(16)8-9-5-6-10(13)11(7-9)15(17)18/h5-7H,3-4,8,13H2,1-2H3. The van der Waals surface area contributed by atoms with Crippen LogP contribution in [0.4, 0.5) is 11.4 Å². The number of nitro benzene ring substituents is 1. The molecule has 18 heavy (non-hydrogen) atoms. The fraction of sp³-hybridized carbons (Fsp3) is 0.417. The Morgan fingerprint density at radius 1 is 1.39 bits per heavy atom. The second-order valence-electron chi connectivity index (χ2n) is 3.89. The number of likely N-dealkylation sites (N-methyl/N-ethyl adjacent to an activating group) is 1. The highest BCUT2D eigenvalue weighted by atomic mass is 16.6. The van der Waals surface area contributed by atoms with Crippen LogP contribution in [-0.2, 0) is 11.2 Å². The van der Waals surface area contributed by atoms with Crippen LogP contribution in [0.2, 0.25) is 0 Å². The molecule has 98 valence electrons. The number of nitrogens with zero attached hydrogens (tertiary/aromatic N) is 2. The van der Waals surface area contributed by atoms with Gasteiger partial charge in [0.05, 0.1) is 11.3 Å². The van der Waals surface area contributed by atoms with Crippen LogP contribution in [0.15, 0.2) is 18.2 Å². The van der Waals surface area contributed by atoms with Crippen LogP contribution in [0, 0.1) is 10.1 Å². The average Bonchev–Trinajstić information content (AvgIpc) is 2.32. The van der Waals surface area contributed by atoms with E-state index in [4.69, 9.17) is 5.73 Å². The fourth-order valence-electron chi connectivity index (χ4n) is 1.72. The maximum atomic E-state index is 11.9. The van der Waals surface area contributed by atoms with Crippen LogP contribution in [-0.4, -0.2) is 28.8 Å². The lowest BCUT2D eigenvalue weighted by Gasteiger charge is -2.18. The van der Waals surface area contributed by atoms with Crippen molar-refractivity contribution in [1.82, 2.24) is 4.90 Å². The smallest absolute Gasteiger partial charge is 0.292 e. The Morgan fingerprint density at radius 2 is 2.00 bits per heavy atom. The van der Waals surface area contributed by atoms with E-state index in [2.05, 4.69) is 0 Å². The summed E-state index contributed by atoms with van der Waals surface area (Å²) in [5, 5.41) is 10.7. The number of benzene rings is 1. The summed E-state index contributed by atoms with van der Waals surface area (Å²) >= 11 is 0. The number of nitrogen functional groups attached to an aromatic ring is 1. The largest absolute Gasteiger partial charge is 0.393 e. The van der Waals surface area contributed by atoms with Crippen molar-refractivity contribution in [3.8, 4) is 0 Å². The lowest BCUT2D eigenvalue weighted by atomic mass is 10.1. The van der Waals surface area contributed by atoms with Gasteiger partial charge in [0, 0.05) is 19.2 Å². The SMILES string of the molecule is CCN(CC)C(=O)Cc1ccc(N)c([N+](=O)[O-])c1. The molecule has 0 saturated carbocycles. The summed E-state index contributed by atoms with van der Waals surface area (Å²) in [6.07, 6.45) is 0.156. The molecule has 1 aromatic rings. The molecule has 0 aromatic heterocycles. The summed E-state index contributed by atoms with van der Waals surface area (Å²) in [5.41, 5.74) is 6.06. The quantitative estimate of drug-likeness (QED) is 0.489. The molecule has 0 aliphatic carbocycles. The zero-order valence-corrected chi connectivity index (χ0v) is 10.5. The van der Waals surface area contributed by atoms with Crippen molar-refractivity contribution in [3.05, 3.63) is 33.9 Å². The number of nitro groups is 1.